The number of nitrogens with one attached hydrogen (secondary N) is 1. The van der Waals surface area contributed by atoms with E-state index in [0.29, 0.717) is 16.3 Å². The van der Waals surface area contributed by atoms with Gasteiger partial charge in [0.1, 0.15) is 0 Å². The van der Waals surface area contributed by atoms with Crippen molar-refractivity contribution in [2.45, 2.75) is 11.3 Å². The molecule has 2 bridgehead atoms. The van der Waals surface area contributed by atoms with E-state index in [1.807, 2.05) is 91.0 Å². The number of imide groups is 1. The van der Waals surface area contributed by atoms with Gasteiger partial charge in [0.15, 0.2) is 0 Å². The summed E-state index contributed by atoms with van der Waals surface area (Å²) in [4.78, 5) is 43.6. The summed E-state index contributed by atoms with van der Waals surface area (Å²) in [6.45, 7) is 0. The van der Waals surface area contributed by atoms with Crippen molar-refractivity contribution in [3.8, 4) is 0 Å². The fourth-order valence-electron chi connectivity index (χ4n) is 7.55. The Labute approximate surface area is 252 Å². The second-order valence-electron chi connectivity index (χ2n) is 11.2. The Morgan fingerprint density at radius 2 is 1.40 bits per heavy atom. The first kappa shape index (κ1) is 25.6. The summed E-state index contributed by atoms with van der Waals surface area (Å²) in [5.41, 5.74) is 6.40. The normalized spacial score (nSPS) is 23.4. The molecule has 43 heavy (non-hydrogen) atoms. The molecule has 9 rings (SSSR count). The van der Waals surface area contributed by atoms with E-state index in [1.165, 1.54) is 4.90 Å². The number of anilines is 1. The van der Waals surface area contributed by atoms with Crippen LogP contribution in [0.1, 0.15) is 38.5 Å². The number of halogens is 1. The number of hydrogen-bond acceptors (Lipinski definition) is 4. The highest BCUT2D eigenvalue weighted by Crippen LogP contribution is 2.63. The van der Waals surface area contributed by atoms with E-state index >= 15 is 0 Å². The maximum Gasteiger partial charge on any atom is 0.271 e. The van der Waals surface area contributed by atoms with Gasteiger partial charge in [-0.05, 0) is 58.0 Å². The number of nitrogens with zero attached hydrogens (tertiary/aromatic N) is 2. The molecule has 1 N–H and O–H groups in total. The third-order valence-electron chi connectivity index (χ3n) is 9.23. The number of benzene rings is 5. The van der Waals surface area contributed by atoms with Crippen LogP contribution in [0.3, 0.4) is 0 Å². The topological polar surface area (TPSA) is 78.8 Å². The number of rotatable bonds is 4. The maximum absolute atomic E-state index is 14.7. The van der Waals surface area contributed by atoms with Crippen LogP contribution in [0.25, 0.3) is 10.8 Å². The van der Waals surface area contributed by atoms with Crippen LogP contribution in [0.5, 0.6) is 0 Å². The second-order valence-corrected chi connectivity index (χ2v) is 11.7. The van der Waals surface area contributed by atoms with E-state index in [4.69, 9.17) is 11.6 Å². The zero-order valence-electron chi connectivity index (χ0n) is 22.8. The fourth-order valence-corrected chi connectivity index (χ4v) is 7.68. The maximum atomic E-state index is 14.7. The molecule has 0 aromatic heterocycles. The molecule has 5 aromatic rings. The Kier molecular flexibility index (Phi) is 5.65. The van der Waals surface area contributed by atoms with Crippen LogP contribution in [0.15, 0.2) is 120 Å². The van der Waals surface area contributed by atoms with E-state index < -0.39 is 23.2 Å². The lowest BCUT2D eigenvalue weighted by Gasteiger charge is -2.52. The Hall–Kier alpha value is -5.07. The van der Waals surface area contributed by atoms with Crippen molar-refractivity contribution >= 4 is 52.0 Å². The van der Waals surface area contributed by atoms with Gasteiger partial charge in [-0.25, -0.2) is 10.3 Å². The number of carbonyl (C=O) groups is 3. The Bertz CT molecular complexity index is 1970. The summed E-state index contributed by atoms with van der Waals surface area (Å²) in [6.07, 6.45) is 1.67. The molecule has 208 valence electrons. The molecule has 0 radical (unpaired) electrons. The Morgan fingerprint density at radius 3 is 2.12 bits per heavy atom. The first-order valence-electron chi connectivity index (χ1n) is 14.2. The van der Waals surface area contributed by atoms with Crippen LogP contribution in [0.4, 0.5) is 5.69 Å². The SMILES string of the molecule is O=C(N/N=C\C12c3ccccc3C(c3ccccc31)[C@@H]1C(=O)N(c3cccc4ccccc34)C(=O)[C@H]12)c1ccc(Cl)cc1. The van der Waals surface area contributed by atoms with E-state index in [-0.39, 0.29) is 17.7 Å². The lowest BCUT2D eigenvalue weighted by molar-refractivity contribution is -0.122. The van der Waals surface area contributed by atoms with Crippen LogP contribution in [0.2, 0.25) is 5.02 Å². The second kappa shape index (κ2) is 9.48. The van der Waals surface area contributed by atoms with Gasteiger partial charge in [-0.15, -0.1) is 0 Å². The fraction of sp³-hybridized carbons (Fsp3) is 0.111. The van der Waals surface area contributed by atoms with Crippen molar-refractivity contribution < 1.29 is 14.4 Å². The van der Waals surface area contributed by atoms with E-state index in [2.05, 4.69) is 10.5 Å². The van der Waals surface area contributed by atoms with Gasteiger partial charge in [-0.1, -0.05) is 96.5 Å². The third-order valence-corrected chi connectivity index (χ3v) is 9.48. The molecule has 0 saturated carbocycles. The Morgan fingerprint density at radius 1 is 0.767 bits per heavy atom. The molecule has 6 nitrogen and oxygen atoms in total. The van der Waals surface area contributed by atoms with Crippen LogP contribution in [0, 0.1) is 11.8 Å². The summed E-state index contributed by atoms with van der Waals surface area (Å²) in [5, 5.41) is 6.80. The number of hydrogen-bond donors (Lipinski definition) is 1. The third kappa shape index (κ3) is 3.53. The van der Waals surface area contributed by atoms with Crippen LogP contribution in [-0.4, -0.2) is 23.9 Å². The minimum Gasteiger partial charge on any atom is -0.274 e. The molecule has 3 aliphatic carbocycles. The monoisotopic (exact) mass is 581 g/mol. The summed E-state index contributed by atoms with van der Waals surface area (Å²) < 4.78 is 0. The minimum absolute atomic E-state index is 0.219. The number of hydrazone groups is 1. The molecule has 0 unspecified atom stereocenters. The van der Waals surface area contributed by atoms with E-state index in [0.717, 1.165) is 33.0 Å². The summed E-state index contributed by atoms with van der Waals surface area (Å²) >= 11 is 6.00. The van der Waals surface area contributed by atoms with E-state index in [9.17, 15) is 14.4 Å². The highest BCUT2D eigenvalue weighted by atomic mass is 35.5. The Balaban J connectivity index is 1.31. The van der Waals surface area contributed by atoms with Gasteiger partial charge in [-0.2, -0.15) is 5.10 Å². The van der Waals surface area contributed by atoms with Crippen molar-refractivity contribution in [3.63, 3.8) is 0 Å². The highest BCUT2D eigenvalue weighted by Gasteiger charge is 2.68. The van der Waals surface area contributed by atoms with Gasteiger partial charge in [-0.3, -0.25) is 14.4 Å². The average Bonchev–Trinajstić information content (AvgIpc) is 3.31. The number of amides is 3. The summed E-state index contributed by atoms with van der Waals surface area (Å²) in [7, 11) is 0. The minimum atomic E-state index is -1.08. The lowest BCUT2D eigenvalue weighted by Crippen LogP contribution is -2.54. The van der Waals surface area contributed by atoms with Crippen molar-refractivity contribution in [1.29, 1.82) is 0 Å². The smallest absolute Gasteiger partial charge is 0.271 e. The van der Waals surface area contributed by atoms with Gasteiger partial charge in [0, 0.05) is 28.1 Å². The molecular formula is C36H24ClN3O3. The predicted molar refractivity (Wildman–Crippen MR) is 166 cm³/mol. The molecule has 1 heterocycles. The molecule has 1 fully saturated rings. The van der Waals surface area contributed by atoms with Crippen molar-refractivity contribution in [2.24, 2.45) is 16.9 Å². The summed E-state index contributed by atoms with van der Waals surface area (Å²) in [5.74, 6) is -2.55. The molecule has 1 aliphatic heterocycles. The van der Waals surface area contributed by atoms with Gasteiger partial charge < -0.3 is 0 Å². The summed E-state index contributed by atoms with van der Waals surface area (Å²) in [6, 6.07) is 35.9. The lowest BCUT2D eigenvalue weighted by atomic mass is 9.47. The van der Waals surface area contributed by atoms with Crippen LogP contribution < -0.4 is 10.3 Å². The van der Waals surface area contributed by atoms with Gasteiger partial charge >= 0.3 is 0 Å². The standard InChI is InChI=1S/C36H24ClN3O3/c37-23-18-16-22(17-19-23)33(41)39-38-20-36-27-13-5-3-11-25(27)30(26-12-4-6-14-28(26)36)31-32(36)35(43)40(34(31)42)29-15-7-9-21-8-1-2-10-24(21)29/h1-20,30-32H,(H,39,41)/b38-20-/t30?,31-,32-,36?/m0/s1. The first-order chi connectivity index (χ1) is 21.0. The molecule has 3 amide bonds. The molecule has 0 spiro atoms. The van der Waals surface area contributed by atoms with Gasteiger partial charge in [0.05, 0.1) is 22.9 Å². The largest absolute Gasteiger partial charge is 0.274 e. The van der Waals surface area contributed by atoms with Crippen molar-refractivity contribution in [1.82, 2.24) is 5.43 Å². The molecular weight excluding hydrogens is 558 g/mol. The number of carbonyl (C=O) groups excluding carboxylic acids is 3. The molecule has 4 aliphatic rings. The van der Waals surface area contributed by atoms with Crippen LogP contribution >= 0.6 is 11.6 Å². The van der Waals surface area contributed by atoms with E-state index in [1.54, 1.807) is 30.5 Å². The van der Waals surface area contributed by atoms with Gasteiger partial charge in [0.2, 0.25) is 11.8 Å². The number of fused-ring (bicyclic) bond motifs is 1. The molecule has 5 aromatic carbocycles. The highest BCUT2D eigenvalue weighted by molar-refractivity contribution is 6.30. The molecule has 7 heteroatoms. The zero-order chi connectivity index (χ0) is 29.3. The van der Waals surface area contributed by atoms with Crippen molar-refractivity contribution in [3.05, 3.63) is 148 Å². The average molecular weight is 582 g/mol. The predicted octanol–water partition coefficient (Wildman–Crippen LogP) is 6.46. The van der Waals surface area contributed by atoms with Crippen LogP contribution in [-0.2, 0) is 15.0 Å². The molecule has 2 atom stereocenters. The van der Waals surface area contributed by atoms with Gasteiger partial charge in [0.25, 0.3) is 5.91 Å². The molecule has 1 saturated heterocycles. The first-order valence-corrected chi connectivity index (χ1v) is 14.5. The quantitative estimate of drug-likeness (QED) is 0.150. The van der Waals surface area contributed by atoms with Crippen molar-refractivity contribution in [2.75, 3.05) is 4.90 Å². The zero-order valence-corrected chi connectivity index (χ0v) is 23.5.